The van der Waals surface area contributed by atoms with E-state index < -0.39 is 28.5 Å². The zero-order chi connectivity index (χ0) is 24.9. The van der Waals surface area contributed by atoms with E-state index >= 15 is 0 Å². The Labute approximate surface area is 200 Å². The normalized spacial score (nSPS) is 11.7. The van der Waals surface area contributed by atoms with Crippen LogP contribution in [0.25, 0.3) is 10.9 Å². The average molecular weight is 484 g/mol. The molecule has 1 heterocycles. The van der Waals surface area contributed by atoms with Gasteiger partial charge in [-0.25, -0.2) is 13.2 Å². The maximum absolute atomic E-state index is 12.8. The van der Waals surface area contributed by atoms with E-state index in [0.717, 1.165) is 5.69 Å². The first-order chi connectivity index (χ1) is 16.2. The number of pyridine rings is 1. The lowest BCUT2D eigenvalue weighted by Gasteiger charge is -2.18. The third kappa shape index (κ3) is 5.60. The maximum atomic E-state index is 12.8. The third-order valence-electron chi connectivity index (χ3n) is 5.34. The monoisotopic (exact) mass is 483 g/mol. The molecule has 3 rings (SSSR count). The molecule has 2 aromatic carbocycles. The Kier molecular flexibility index (Phi) is 8.01. The van der Waals surface area contributed by atoms with Gasteiger partial charge in [-0.1, -0.05) is 52.0 Å². The molecule has 0 aliphatic rings. The van der Waals surface area contributed by atoms with Gasteiger partial charge in [0.2, 0.25) is 10.0 Å². The SMILES string of the molecule is CCN(CC)S(=O)(=O)c1cccc(NC(=O)COC(=O)c2cc(C(C)C)nc3ccccc23)c1. The number of sulfonamides is 1. The Bertz CT molecular complexity index is 1300. The molecule has 0 fully saturated rings. The van der Waals surface area contributed by atoms with Crippen LogP contribution in [0.1, 0.15) is 49.7 Å². The van der Waals surface area contributed by atoms with Crippen molar-refractivity contribution >= 4 is 38.5 Å². The number of aromatic nitrogens is 1. The van der Waals surface area contributed by atoms with Crippen LogP contribution in [0.5, 0.6) is 0 Å². The number of anilines is 1. The molecule has 0 aliphatic heterocycles. The number of amides is 1. The molecule has 0 saturated carbocycles. The number of nitrogens with one attached hydrogen (secondary N) is 1. The molecule has 1 amide bonds. The van der Waals surface area contributed by atoms with Crippen molar-refractivity contribution in [2.45, 2.75) is 38.5 Å². The molecular formula is C25H29N3O5S. The van der Waals surface area contributed by atoms with Crippen LogP contribution in [0.3, 0.4) is 0 Å². The first-order valence-corrected chi connectivity index (χ1v) is 12.6. The van der Waals surface area contributed by atoms with Crippen molar-refractivity contribution in [3.05, 3.63) is 65.9 Å². The minimum Gasteiger partial charge on any atom is -0.452 e. The highest BCUT2D eigenvalue weighted by atomic mass is 32.2. The summed E-state index contributed by atoms with van der Waals surface area (Å²) in [5.74, 6) is -1.10. The van der Waals surface area contributed by atoms with E-state index in [1.165, 1.54) is 16.4 Å². The molecule has 0 spiro atoms. The summed E-state index contributed by atoms with van der Waals surface area (Å²) in [6, 6.07) is 14.9. The van der Waals surface area contributed by atoms with Crippen molar-refractivity contribution < 1.29 is 22.7 Å². The van der Waals surface area contributed by atoms with E-state index in [9.17, 15) is 18.0 Å². The number of ether oxygens (including phenoxy) is 1. The van der Waals surface area contributed by atoms with E-state index in [1.807, 2.05) is 32.0 Å². The first kappa shape index (κ1) is 25.3. The van der Waals surface area contributed by atoms with Gasteiger partial charge in [0.1, 0.15) is 0 Å². The third-order valence-corrected chi connectivity index (χ3v) is 7.39. The molecule has 9 heteroatoms. The Balaban J connectivity index is 1.72. The van der Waals surface area contributed by atoms with Crippen LogP contribution in [-0.2, 0) is 19.6 Å². The van der Waals surface area contributed by atoms with Crippen molar-refractivity contribution in [2.24, 2.45) is 0 Å². The Morgan fingerprint density at radius 2 is 1.74 bits per heavy atom. The molecule has 180 valence electrons. The molecule has 1 N–H and O–H groups in total. The number of hydrogen-bond donors (Lipinski definition) is 1. The summed E-state index contributed by atoms with van der Waals surface area (Å²) in [5, 5.41) is 3.24. The van der Waals surface area contributed by atoms with Crippen LogP contribution in [0.2, 0.25) is 0 Å². The van der Waals surface area contributed by atoms with Gasteiger partial charge < -0.3 is 10.1 Å². The number of carbonyl (C=O) groups excluding carboxylic acids is 2. The van der Waals surface area contributed by atoms with Crippen molar-refractivity contribution in [1.82, 2.24) is 9.29 Å². The molecule has 1 aromatic heterocycles. The van der Waals surface area contributed by atoms with Gasteiger partial charge in [-0.15, -0.1) is 0 Å². The van der Waals surface area contributed by atoms with Crippen molar-refractivity contribution in [3.8, 4) is 0 Å². The highest BCUT2D eigenvalue weighted by Crippen LogP contribution is 2.23. The van der Waals surface area contributed by atoms with Crippen LogP contribution < -0.4 is 5.32 Å². The standard InChI is InChI=1S/C25H29N3O5S/c1-5-28(6-2)34(31,32)19-11-9-10-18(14-19)26-24(29)16-33-25(30)21-15-23(17(3)4)27-22-13-8-7-12-20(21)22/h7-15,17H,5-6,16H2,1-4H3,(H,26,29). The second-order valence-electron chi connectivity index (χ2n) is 8.01. The van der Waals surface area contributed by atoms with Crippen LogP contribution in [0.15, 0.2) is 59.5 Å². The molecule has 3 aromatic rings. The molecule has 0 bridgehead atoms. The average Bonchev–Trinajstić information content (AvgIpc) is 2.82. The van der Waals surface area contributed by atoms with Gasteiger partial charge in [0, 0.05) is 29.9 Å². The lowest BCUT2D eigenvalue weighted by Crippen LogP contribution is -2.30. The van der Waals surface area contributed by atoms with Crippen LogP contribution in [0, 0.1) is 0 Å². The number of carbonyl (C=O) groups is 2. The predicted molar refractivity (Wildman–Crippen MR) is 131 cm³/mol. The van der Waals surface area contributed by atoms with Crippen LogP contribution >= 0.6 is 0 Å². The second-order valence-corrected chi connectivity index (χ2v) is 9.95. The van der Waals surface area contributed by atoms with Gasteiger partial charge in [-0.2, -0.15) is 4.31 Å². The molecule has 0 aliphatic carbocycles. The maximum Gasteiger partial charge on any atom is 0.339 e. The van der Waals surface area contributed by atoms with Gasteiger partial charge in [-0.3, -0.25) is 9.78 Å². The minimum atomic E-state index is -3.66. The van der Waals surface area contributed by atoms with Gasteiger partial charge in [-0.05, 0) is 36.2 Å². The Morgan fingerprint density at radius 3 is 2.41 bits per heavy atom. The fraction of sp³-hybridized carbons (Fsp3) is 0.320. The summed E-state index contributed by atoms with van der Waals surface area (Å²) >= 11 is 0. The number of hydrogen-bond acceptors (Lipinski definition) is 6. The zero-order valence-corrected chi connectivity index (χ0v) is 20.6. The number of esters is 1. The van der Waals surface area contributed by atoms with E-state index in [2.05, 4.69) is 10.3 Å². The highest BCUT2D eigenvalue weighted by molar-refractivity contribution is 7.89. The quantitative estimate of drug-likeness (QED) is 0.458. The van der Waals surface area contributed by atoms with Crippen LogP contribution in [0.4, 0.5) is 5.69 Å². The van der Waals surface area contributed by atoms with Gasteiger partial charge in [0.25, 0.3) is 5.91 Å². The van der Waals surface area contributed by atoms with Crippen molar-refractivity contribution in [3.63, 3.8) is 0 Å². The Morgan fingerprint density at radius 1 is 1.03 bits per heavy atom. The predicted octanol–water partition coefficient (Wildman–Crippen LogP) is 4.18. The van der Waals surface area contributed by atoms with Gasteiger partial charge in [0.15, 0.2) is 6.61 Å². The number of fused-ring (bicyclic) bond motifs is 1. The summed E-state index contributed by atoms with van der Waals surface area (Å²) in [6.07, 6.45) is 0. The number of para-hydroxylation sites is 1. The first-order valence-electron chi connectivity index (χ1n) is 11.1. The summed E-state index contributed by atoms with van der Waals surface area (Å²) in [5.41, 5.74) is 2.07. The largest absolute Gasteiger partial charge is 0.452 e. The summed E-state index contributed by atoms with van der Waals surface area (Å²) < 4.78 is 32.1. The van der Waals surface area contributed by atoms with Gasteiger partial charge in [0.05, 0.1) is 16.0 Å². The smallest absolute Gasteiger partial charge is 0.339 e. The summed E-state index contributed by atoms with van der Waals surface area (Å²) in [7, 11) is -3.66. The van der Waals surface area contributed by atoms with E-state index in [4.69, 9.17) is 4.74 Å². The lowest BCUT2D eigenvalue weighted by atomic mass is 10.0. The van der Waals surface area contributed by atoms with E-state index in [-0.39, 0.29) is 10.8 Å². The topological polar surface area (TPSA) is 106 Å². The number of benzene rings is 2. The summed E-state index contributed by atoms with van der Waals surface area (Å²) in [6.45, 7) is 7.65. The van der Waals surface area contributed by atoms with E-state index in [1.54, 1.807) is 38.1 Å². The minimum absolute atomic E-state index is 0.0791. The molecule has 0 atom stereocenters. The molecule has 0 saturated heterocycles. The molecule has 8 nitrogen and oxygen atoms in total. The van der Waals surface area contributed by atoms with Crippen LogP contribution in [-0.4, -0.2) is 49.3 Å². The Hall–Kier alpha value is -3.30. The van der Waals surface area contributed by atoms with Crippen molar-refractivity contribution in [1.29, 1.82) is 0 Å². The number of nitrogens with zero attached hydrogens (tertiary/aromatic N) is 2. The fourth-order valence-electron chi connectivity index (χ4n) is 3.51. The zero-order valence-electron chi connectivity index (χ0n) is 19.7. The van der Waals surface area contributed by atoms with Crippen molar-refractivity contribution in [2.75, 3.05) is 25.0 Å². The molecular weight excluding hydrogens is 454 g/mol. The molecule has 0 unspecified atom stereocenters. The van der Waals surface area contributed by atoms with Gasteiger partial charge >= 0.3 is 5.97 Å². The van der Waals surface area contributed by atoms with E-state index in [0.29, 0.717) is 35.2 Å². The fourth-order valence-corrected chi connectivity index (χ4v) is 5.02. The second kappa shape index (κ2) is 10.8. The lowest BCUT2D eigenvalue weighted by molar-refractivity contribution is -0.119. The summed E-state index contributed by atoms with van der Waals surface area (Å²) in [4.78, 5) is 29.9. The molecule has 34 heavy (non-hydrogen) atoms. The highest BCUT2D eigenvalue weighted by Gasteiger charge is 2.22. The molecule has 0 radical (unpaired) electrons. The number of rotatable bonds is 9.